The van der Waals surface area contributed by atoms with Gasteiger partial charge >= 0.3 is 0 Å². The standard InChI is InChI=1S/C15H14N4/c1-16-15-9-12(6-8-18-15)19-14-4-2-3-11-5-7-17-10-13(11)14/h2-10H,1H3,(H2,16,18,19). The van der Waals surface area contributed by atoms with E-state index in [4.69, 9.17) is 0 Å². The Bertz CT molecular complexity index is 704. The molecule has 0 aliphatic rings. The molecule has 0 saturated carbocycles. The zero-order valence-corrected chi connectivity index (χ0v) is 10.6. The van der Waals surface area contributed by atoms with Gasteiger partial charge < -0.3 is 10.6 Å². The molecule has 4 nitrogen and oxygen atoms in total. The molecule has 1 aromatic carbocycles. The molecular formula is C15H14N4. The highest BCUT2D eigenvalue weighted by atomic mass is 15.0. The summed E-state index contributed by atoms with van der Waals surface area (Å²) in [6.45, 7) is 0. The number of benzene rings is 1. The number of nitrogens with one attached hydrogen (secondary N) is 2. The maximum absolute atomic E-state index is 4.20. The van der Waals surface area contributed by atoms with E-state index >= 15 is 0 Å². The number of hydrogen-bond donors (Lipinski definition) is 2. The lowest BCUT2D eigenvalue weighted by Gasteiger charge is -2.10. The third kappa shape index (κ3) is 2.33. The summed E-state index contributed by atoms with van der Waals surface area (Å²) in [4.78, 5) is 8.38. The molecular weight excluding hydrogens is 236 g/mol. The number of pyridine rings is 2. The van der Waals surface area contributed by atoms with Crippen LogP contribution < -0.4 is 10.6 Å². The molecule has 0 unspecified atom stereocenters. The van der Waals surface area contributed by atoms with E-state index in [2.05, 4.69) is 26.7 Å². The van der Waals surface area contributed by atoms with E-state index in [0.717, 1.165) is 22.6 Å². The van der Waals surface area contributed by atoms with E-state index in [1.54, 1.807) is 12.4 Å². The Morgan fingerprint density at radius 2 is 2.00 bits per heavy atom. The van der Waals surface area contributed by atoms with Crippen molar-refractivity contribution in [2.75, 3.05) is 17.7 Å². The maximum Gasteiger partial charge on any atom is 0.127 e. The van der Waals surface area contributed by atoms with E-state index in [1.807, 2.05) is 43.6 Å². The molecule has 2 N–H and O–H groups in total. The van der Waals surface area contributed by atoms with Gasteiger partial charge in [-0.25, -0.2) is 4.98 Å². The van der Waals surface area contributed by atoms with Crippen LogP contribution in [0, 0.1) is 0 Å². The van der Waals surface area contributed by atoms with Crippen molar-refractivity contribution in [3.05, 3.63) is 55.0 Å². The molecule has 3 aromatic rings. The molecule has 0 spiro atoms. The second kappa shape index (κ2) is 4.94. The van der Waals surface area contributed by atoms with Crippen LogP contribution in [0.3, 0.4) is 0 Å². The molecule has 0 bridgehead atoms. The summed E-state index contributed by atoms with van der Waals surface area (Å²) in [6, 6.07) is 12.1. The van der Waals surface area contributed by atoms with Gasteiger partial charge in [-0.05, 0) is 23.6 Å². The number of aromatic nitrogens is 2. The molecule has 2 aromatic heterocycles. The first-order valence-corrected chi connectivity index (χ1v) is 6.10. The van der Waals surface area contributed by atoms with Crippen molar-refractivity contribution in [1.82, 2.24) is 9.97 Å². The van der Waals surface area contributed by atoms with E-state index < -0.39 is 0 Å². The number of fused-ring (bicyclic) bond motifs is 1. The zero-order chi connectivity index (χ0) is 13.1. The smallest absolute Gasteiger partial charge is 0.127 e. The molecule has 0 saturated heterocycles. The highest BCUT2D eigenvalue weighted by Crippen LogP contribution is 2.26. The van der Waals surface area contributed by atoms with Crippen LogP contribution in [0.4, 0.5) is 17.2 Å². The van der Waals surface area contributed by atoms with Gasteiger partial charge in [-0.15, -0.1) is 0 Å². The van der Waals surface area contributed by atoms with Crippen LogP contribution in [0.1, 0.15) is 0 Å². The highest BCUT2D eigenvalue weighted by Gasteiger charge is 2.01. The minimum atomic E-state index is 0.836. The van der Waals surface area contributed by atoms with Crippen molar-refractivity contribution in [2.45, 2.75) is 0 Å². The average molecular weight is 250 g/mol. The van der Waals surface area contributed by atoms with Crippen molar-refractivity contribution >= 4 is 28.0 Å². The van der Waals surface area contributed by atoms with Crippen molar-refractivity contribution in [1.29, 1.82) is 0 Å². The molecule has 0 amide bonds. The zero-order valence-electron chi connectivity index (χ0n) is 10.6. The first kappa shape index (κ1) is 11.5. The van der Waals surface area contributed by atoms with Gasteiger partial charge in [-0.3, -0.25) is 4.98 Å². The van der Waals surface area contributed by atoms with Gasteiger partial charge in [0.1, 0.15) is 5.82 Å². The van der Waals surface area contributed by atoms with Crippen LogP contribution in [0.15, 0.2) is 55.0 Å². The van der Waals surface area contributed by atoms with Gasteiger partial charge in [0.15, 0.2) is 0 Å². The fourth-order valence-electron chi connectivity index (χ4n) is 2.02. The maximum atomic E-state index is 4.20. The molecule has 3 rings (SSSR count). The van der Waals surface area contributed by atoms with E-state index in [1.165, 1.54) is 5.39 Å². The summed E-state index contributed by atoms with van der Waals surface area (Å²) >= 11 is 0. The second-order valence-electron chi connectivity index (χ2n) is 4.21. The van der Waals surface area contributed by atoms with Crippen LogP contribution in [-0.2, 0) is 0 Å². The first-order chi connectivity index (χ1) is 9.36. The molecule has 94 valence electrons. The molecule has 2 heterocycles. The molecule has 4 heteroatoms. The van der Waals surface area contributed by atoms with E-state index in [0.29, 0.717) is 0 Å². The normalized spacial score (nSPS) is 10.4. The van der Waals surface area contributed by atoms with Crippen LogP contribution in [0.25, 0.3) is 10.8 Å². The molecule has 0 atom stereocenters. The Morgan fingerprint density at radius 3 is 2.89 bits per heavy atom. The molecule has 0 aliphatic heterocycles. The van der Waals surface area contributed by atoms with Crippen LogP contribution >= 0.6 is 0 Å². The minimum absolute atomic E-state index is 0.836. The number of hydrogen-bond acceptors (Lipinski definition) is 4. The van der Waals surface area contributed by atoms with Gasteiger partial charge in [-0.2, -0.15) is 0 Å². The van der Waals surface area contributed by atoms with Gasteiger partial charge in [0.05, 0.1) is 0 Å². The summed E-state index contributed by atoms with van der Waals surface area (Å²) in [6.07, 6.45) is 5.45. The molecule has 0 fully saturated rings. The predicted molar refractivity (Wildman–Crippen MR) is 78.8 cm³/mol. The fraction of sp³-hybridized carbons (Fsp3) is 0.0667. The summed E-state index contributed by atoms with van der Waals surface area (Å²) in [5.41, 5.74) is 2.04. The van der Waals surface area contributed by atoms with Crippen LogP contribution in [-0.4, -0.2) is 17.0 Å². The molecule has 19 heavy (non-hydrogen) atoms. The van der Waals surface area contributed by atoms with Gasteiger partial charge in [0, 0.05) is 48.5 Å². The number of nitrogens with zero attached hydrogens (tertiary/aromatic N) is 2. The Balaban J connectivity index is 2.01. The van der Waals surface area contributed by atoms with Crippen LogP contribution in [0.5, 0.6) is 0 Å². The average Bonchev–Trinajstić information content (AvgIpc) is 2.48. The van der Waals surface area contributed by atoms with Gasteiger partial charge in [0.2, 0.25) is 0 Å². The van der Waals surface area contributed by atoms with Crippen LogP contribution in [0.2, 0.25) is 0 Å². The lowest BCUT2D eigenvalue weighted by Crippen LogP contribution is -1.95. The lowest BCUT2D eigenvalue weighted by atomic mass is 10.1. The van der Waals surface area contributed by atoms with Gasteiger partial charge in [0.25, 0.3) is 0 Å². The predicted octanol–water partition coefficient (Wildman–Crippen LogP) is 3.42. The largest absolute Gasteiger partial charge is 0.373 e. The van der Waals surface area contributed by atoms with Crippen molar-refractivity contribution < 1.29 is 0 Å². The lowest BCUT2D eigenvalue weighted by molar-refractivity contribution is 1.28. The SMILES string of the molecule is CNc1cc(Nc2cccc3ccncc23)ccn1. The third-order valence-corrected chi connectivity index (χ3v) is 2.98. The summed E-state index contributed by atoms with van der Waals surface area (Å²) in [7, 11) is 1.86. The summed E-state index contributed by atoms with van der Waals surface area (Å²) < 4.78 is 0. The first-order valence-electron chi connectivity index (χ1n) is 6.10. The Kier molecular flexibility index (Phi) is 2.98. The third-order valence-electron chi connectivity index (χ3n) is 2.98. The quantitative estimate of drug-likeness (QED) is 0.748. The Labute approximate surface area is 111 Å². The number of anilines is 3. The summed E-state index contributed by atoms with van der Waals surface area (Å²) in [5.74, 6) is 0.836. The molecule has 0 aliphatic carbocycles. The highest BCUT2D eigenvalue weighted by molar-refractivity contribution is 5.94. The van der Waals surface area contributed by atoms with E-state index in [-0.39, 0.29) is 0 Å². The van der Waals surface area contributed by atoms with Crippen molar-refractivity contribution in [3.63, 3.8) is 0 Å². The fourth-order valence-corrected chi connectivity index (χ4v) is 2.02. The van der Waals surface area contributed by atoms with Crippen molar-refractivity contribution in [3.8, 4) is 0 Å². The van der Waals surface area contributed by atoms with Gasteiger partial charge in [-0.1, -0.05) is 12.1 Å². The van der Waals surface area contributed by atoms with Crippen molar-refractivity contribution in [2.24, 2.45) is 0 Å². The number of rotatable bonds is 3. The topological polar surface area (TPSA) is 49.8 Å². The summed E-state index contributed by atoms with van der Waals surface area (Å²) in [5, 5.41) is 8.70. The second-order valence-corrected chi connectivity index (χ2v) is 4.21. The minimum Gasteiger partial charge on any atom is -0.373 e. The molecule has 0 radical (unpaired) electrons. The Hall–Kier alpha value is -2.62. The van der Waals surface area contributed by atoms with E-state index in [9.17, 15) is 0 Å². The Morgan fingerprint density at radius 1 is 1.05 bits per heavy atom. The monoisotopic (exact) mass is 250 g/mol.